The molecule has 4 aliphatic carbocycles. The number of Topliss-reactive ketones (excluding diaryl/α,β-unsaturated/α-hetero) is 1. The third-order valence-electron chi connectivity index (χ3n) is 8.02. The lowest BCUT2D eigenvalue weighted by Gasteiger charge is -2.56. The number of allylic oxidation sites excluding steroid dienone is 2. The maximum Gasteiger partial charge on any atom is 0.328 e. The van der Waals surface area contributed by atoms with Gasteiger partial charge in [0, 0.05) is 17.1 Å². The van der Waals surface area contributed by atoms with Crippen LogP contribution in [0.3, 0.4) is 0 Å². The van der Waals surface area contributed by atoms with Gasteiger partial charge in [-0.1, -0.05) is 25.5 Å². The quantitative estimate of drug-likeness (QED) is 0.564. The Morgan fingerprint density at radius 2 is 1.88 bits per heavy atom. The van der Waals surface area contributed by atoms with Gasteiger partial charge in [-0.25, -0.2) is 4.79 Å². The number of aliphatic hydroxyl groups is 1. The van der Waals surface area contributed by atoms with Gasteiger partial charge in [-0.2, -0.15) is 0 Å². The first kappa shape index (κ1) is 17.0. The van der Waals surface area contributed by atoms with Gasteiger partial charge in [-0.05, 0) is 68.1 Å². The molecule has 4 nitrogen and oxygen atoms in total. The summed E-state index contributed by atoms with van der Waals surface area (Å²) in [5, 5.41) is 19.2. The van der Waals surface area contributed by atoms with Crippen molar-refractivity contribution in [3.63, 3.8) is 0 Å². The first-order valence-electron chi connectivity index (χ1n) is 9.61. The van der Waals surface area contributed by atoms with Crippen molar-refractivity contribution in [2.45, 2.75) is 64.9 Å². The molecule has 6 atom stereocenters. The van der Waals surface area contributed by atoms with Crippen molar-refractivity contribution in [1.29, 1.82) is 0 Å². The van der Waals surface area contributed by atoms with Gasteiger partial charge in [0.15, 0.2) is 5.78 Å². The van der Waals surface area contributed by atoms with Gasteiger partial charge in [0.25, 0.3) is 0 Å². The predicted molar refractivity (Wildman–Crippen MR) is 93.8 cm³/mol. The molecule has 0 amide bonds. The highest BCUT2D eigenvalue weighted by molar-refractivity contribution is 6.06. The molecule has 0 saturated heterocycles. The van der Waals surface area contributed by atoms with Gasteiger partial charge in [-0.3, -0.25) is 4.79 Å². The van der Waals surface area contributed by atoms with Gasteiger partial charge in [-0.15, -0.1) is 0 Å². The zero-order chi connectivity index (χ0) is 18.0. The number of rotatable bonds is 1. The SMILES string of the molecule is CC12CCC3C(CC=C4CC(O)CCC43C)C1C/C(=C\C(=O)O)C2=O. The summed E-state index contributed by atoms with van der Waals surface area (Å²) in [6, 6.07) is 0. The summed E-state index contributed by atoms with van der Waals surface area (Å²) in [6.07, 6.45) is 9.43. The molecule has 0 aromatic rings. The number of carbonyl (C=O) groups excluding carboxylic acids is 1. The number of aliphatic carboxylic acids is 1. The maximum absolute atomic E-state index is 12.9. The minimum absolute atomic E-state index is 0.0670. The van der Waals surface area contributed by atoms with E-state index in [-0.39, 0.29) is 23.2 Å². The van der Waals surface area contributed by atoms with Crippen LogP contribution in [-0.2, 0) is 9.59 Å². The Labute approximate surface area is 149 Å². The topological polar surface area (TPSA) is 74.6 Å². The van der Waals surface area contributed by atoms with E-state index in [1.54, 1.807) is 0 Å². The van der Waals surface area contributed by atoms with Gasteiger partial charge in [0.2, 0.25) is 0 Å². The molecule has 0 heterocycles. The largest absolute Gasteiger partial charge is 0.478 e. The van der Waals surface area contributed by atoms with Crippen LogP contribution in [0.2, 0.25) is 0 Å². The summed E-state index contributed by atoms with van der Waals surface area (Å²) in [7, 11) is 0. The highest BCUT2D eigenvalue weighted by atomic mass is 16.4. The van der Waals surface area contributed by atoms with Crippen LogP contribution in [0.4, 0.5) is 0 Å². The van der Waals surface area contributed by atoms with Crippen LogP contribution in [0.25, 0.3) is 0 Å². The molecule has 3 saturated carbocycles. The van der Waals surface area contributed by atoms with Crippen LogP contribution in [0.1, 0.15) is 58.8 Å². The zero-order valence-corrected chi connectivity index (χ0v) is 15.1. The molecule has 0 aromatic heterocycles. The van der Waals surface area contributed by atoms with Crippen LogP contribution in [0.5, 0.6) is 0 Å². The van der Waals surface area contributed by atoms with Gasteiger partial charge < -0.3 is 10.2 Å². The van der Waals surface area contributed by atoms with E-state index >= 15 is 0 Å². The molecule has 0 spiro atoms. The molecule has 0 aromatic carbocycles. The molecule has 4 rings (SSSR count). The zero-order valence-electron chi connectivity index (χ0n) is 15.1. The second-order valence-corrected chi connectivity index (χ2v) is 9.15. The summed E-state index contributed by atoms with van der Waals surface area (Å²) in [6.45, 7) is 4.42. The van der Waals surface area contributed by atoms with Crippen molar-refractivity contribution in [2.75, 3.05) is 0 Å². The molecule has 136 valence electrons. The Hall–Kier alpha value is -1.42. The maximum atomic E-state index is 12.9. The number of fused-ring (bicyclic) bond motifs is 5. The van der Waals surface area contributed by atoms with Crippen LogP contribution in [-0.4, -0.2) is 28.1 Å². The van der Waals surface area contributed by atoms with Gasteiger partial charge in [0.05, 0.1) is 6.10 Å². The monoisotopic (exact) mass is 344 g/mol. The first-order valence-corrected chi connectivity index (χ1v) is 9.61. The number of hydrogen-bond donors (Lipinski definition) is 2. The molecule has 0 aliphatic heterocycles. The van der Waals surface area contributed by atoms with Crippen LogP contribution < -0.4 is 0 Å². The fourth-order valence-corrected chi connectivity index (χ4v) is 6.59. The molecule has 6 unspecified atom stereocenters. The average molecular weight is 344 g/mol. The van der Waals surface area contributed by atoms with Gasteiger partial charge >= 0.3 is 5.97 Å². The number of hydrogen-bond acceptors (Lipinski definition) is 3. The van der Waals surface area contributed by atoms with Crippen LogP contribution in [0.15, 0.2) is 23.3 Å². The standard InChI is InChI=1S/C21H28O4/c1-20-7-5-14(22)11-13(20)3-4-15-16(20)6-8-21(2)17(15)9-12(19(21)25)10-18(23)24/h3,10,14-17,22H,4-9,11H2,1-2H3,(H,23,24)/b12-10+. The van der Waals surface area contributed by atoms with Gasteiger partial charge in [0.1, 0.15) is 0 Å². The van der Waals surface area contributed by atoms with Crippen molar-refractivity contribution >= 4 is 11.8 Å². The molecular weight excluding hydrogens is 316 g/mol. The Kier molecular flexibility index (Phi) is 3.77. The average Bonchev–Trinajstić information content (AvgIpc) is 2.79. The molecule has 4 heteroatoms. The highest BCUT2D eigenvalue weighted by Crippen LogP contribution is 2.64. The van der Waals surface area contributed by atoms with Crippen LogP contribution >= 0.6 is 0 Å². The second-order valence-electron chi connectivity index (χ2n) is 9.15. The van der Waals surface area contributed by atoms with E-state index in [1.807, 2.05) is 0 Å². The summed E-state index contributed by atoms with van der Waals surface area (Å²) in [5.41, 5.74) is 1.69. The van der Waals surface area contributed by atoms with E-state index in [0.717, 1.165) is 44.6 Å². The Bertz CT molecular complexity index is 690. The molecule has 4 aliphatic rings. The predicted octanol–water partition coefficient (Wildman–Crippen LogP) is 3.50. The molecule has 0 radical (unpaired) electrons. The Balaban J connectivity index is 1.69. The van der Waals surface area contributed by atoms with Crippen molar-refractivity contribution in [1.82, 2.24) is 0 Å². The number of carboxylic acids is 1. The molecule has 3 fully saturated rings. The van der Waals surface area contributed by atoms with E-state index < -0.39 is 11.4 Å². The van der Waals surface area contributed by atoms with Crippen LogP contribution in [0, 0.1) is 28.6 Å². The first-order chi connectivity index (χ1) is 11.8. The number of aliphatic hydroxyl groups excluding tert-OH is 1. The number of carboxylic acid groups (broad SMARTS) is 1. The smallest absolute Gasteiger partial charge is 0.328 e. The van der Waals surface area contributed by atoms with E-state index in [2.05, 4.69) is 19.9 Å². The lowest BCUT2D eigenvalue weighted by Crippen LogP contribution is -2.50. The highest BCUT2D eigenvalue weighted by Gasteiger charge is 2.59. The molecule has 0 bridgehead atoms. The van der Waals surface area contributed by atoms with E-state index in [9.17, 15) is 14.7 Å². The van der Waals surface area contributed by atoms with Crippen molar-refractivity contribution in [3.8, 4) is 0 Å². The fraction of sp³-hybridized carbons (Fsp3) is 0.714. The molecule has 2 N–H and O–H groups in total. The summed E-state index contributed by atoms with van der Waals surface area (Å²) < 4.78 is 0. The Morgan fingerprint density at radius 3 is 2.60 bits per heavy atom. The second kappa shape index (κ2) is 5.54. The molecular formula is C21H28O4. The van der Waals surface area contributed by atoms with Crippen molar-refractivity contribution < 1.29 is 19.8 Å². The van der Waals surface area contributed by atoms with Crippen molar-refractivity contribution in [3.05, 3.63) is 23.3 Å². The molecule has 25 heavy (non-hydrogen) atoms. The summed E-state index contributed by atoms with van der Waals surface area (Å²) in [4.78, 5) is 24.0. The third kappa shape index (κ3) is 2.37. The fourth-order valence-electron chi connectivity index (χ4n) is 6.59. The Morgan fingerprint density at radius 1 is 1.16 bits per heavy atom. The van der Waals surface area contributed by atoms with E-state index in [1.165, 1.54) is 5.57 Å². The lowest BCUT2D eigenvalue weighted by molar-refractivity contribution is -0.133. The van der Waals surface area contributed by atoms with E-state index in [0.29, 0.717) is 23.8 Å². The normalized spacial score (nSPS) is 47.7. The minimum Gasteiger partial charge on any atom is -0.478 e. The minimum atomic E-state index is -1.01. The third-order valence-corrected chi connectivity index (χ3v) is 8.02. The number of carbonyl (C=O) groups is 2. The number of ketones is 1. The summed E-state index contributed by atoms with van der Waals surface area (Å²) in [5.74, 6) is 0.311. The lowest BCUT2D eigenvalue weighted by atomic mass is 9.48. The van der Waals surface area contributed by atoms with Crippen molar-refractivity contribution in [2.24, 2.45) is 28.6 Å². The van der Waals surface area contributed by atoms with E-state index in [4.69, 9.17) is 5.11 Å². The summed E-state index contributed by atoms with van der Waals surface area (Å²) >= 11 is 0.